The number of aryl methyl sites for hydroxylation is 1. The second-order valence-corrected chi connectivity index (χ2v) is 8.15. The van der Waals surface area contributed by atoms with Gasteiger partial charge in [0.05, 0.1) is 11.5 Å². The van der Waals surface area contributed by atoms with Crippen LogP contribution in [0.2, 0.25) is 0 Å². The van der Waals surface area contributed by atoms with Gasteiger partial charge in [-0.05, 0) is 38.2 Å². The van der Waals surface area contributed by atoms with Crippen LogP contribution >= 0.6 is 11.3 Å². The zero-order chi connectivity index (χ0) is 17.9. The molecule has 1 aromatic heterocycles. The van der Waals surface area contributed by atoms with Crippen LogP contribution in [0, 0.1) is 17.0 Å². The summed E-state index contributed by atoms with van der Waals surface area (Å²) in [6, 6.07) is 7.20. The van der Waals surface area contributed by atoms with Gasteiger partial charge in [0.15, 0.2) is 0 Å². The topological polar surface area (TPSA) is 118 Å². The van der Waals surface area contributed by atoms with Gasteiger partial charge in [-0.2, -0.15) is 0 Å². The van der Waals surface area contributed by atoms with Gasteiger partial charge in [0, 0.05) is 22.1 Å². The first-order valence-corrected chi connectivity index (χ1v) is 9.10. The maximum Gasteiger partial charge on any atom is 0.272 e. The van der Waals surface area contributed by atoms with Crippen LogP contribution in [0.15, 0.2) is 34.5 Å². The monoisotopic (exact) mass is 369 g/mol. The van der Waals surface area contributed by atoms with Gasteiger partial charge < -0.3 is 5.32 Å². The van der Waals surface area contributed by atoms with Gasteiger partial charge >= 0.3 is 0 Å². The lowest BCUT2D eigenvalue weighted by molar-refractivity contribution is -0.385. The Labute approximate surface area is 142 Å². The van der Waals surface area contributed by atoms with E-state index in [0.717, 1.165) is 11.3 Å². The summed E-state index contributed by atoms with van der Waals surface area (Å²) >= 11 is 1.06. The summed E-state index contributed by atoms with van der Waals surface area (Å²) in [7, 11) is -2.17. The van der Waals surface area contributed by atoms with Crippen molar-refractivity contribution in [3.8, 4) is 0 Å². The lowest BCUT2D eigenvalue weighted by Gasteiger charge is -2.05. The number of thiophene rings is 1. The van der Waals surface area contributed by atoms with E-state index in [1.54, 1.807) is 13.0 Å². The van der Waals surface area contributed by atoms with Crippen LogP contribution < -0.4 is 10.0 Å². The minimum Gasteiger partial charge on any atom is -0.347 e. The first-order valence-electron chi connectivity index (χ1n) is 6.80. The molecular formula is C14H15N3O5S2. The highest BCUT2D eigenvalue weighted by Crippen LogP contribution is 2.22. The Morgan fingerprint density at radius 1 is 1.29 bits per heavy atom. The molecular weight excluding hydrogens is 354 g/mol. The summed E-state index contributed by atoms with van der Waals surface area (Å²) in [5.41, 5.74) is 0.649. The lowest BCUT2D eigenvalue weighted by atomic mass is 10.1. The van der Waals surface area contributed by atoms with Crippen molar-refractivity contribution in [2.45, 2.75) is 17.7 Å². The molecule has 0 aliphatic heterocycles. The van der Waals surface area contributed by atoms with Crippen molar-refractivity contribution in [1.29, 1.82) is 0 Å². The number of carbonyl (C=O) groups excluding carboxylic acids is 1. The van der Waals surface area contributed by atoms with Crippen LogP contribution in [0.3, 0.4) is 0 Å². The van der Waals surface area contributed by atoms with Gasteiger partial charge in [0.25, 0.3) is 11.6 Å². The fraction of sp³-hybridized carbons (Fsp3) is 0.214. The van der Waals surface area contributed by atoms with Crippen LogP contribution in [0.5, 0.6) is 0 Å². The van der Waals surface area contributed by atoms with Crippen molar-refractivity contribution < 1.29 is 18.1 Å². The van der Waals surface area contributed by atoms with Crippen molar-refractivity contribution >= 4 is 33.0 Å². The van der Waals surface area contributed by atoms with Gasteiger partial charge in [0.1, 0.15) is 4.21 Å². The molecule has 2 rings (SSSR count). The van der Waals surface area contributed by atoms with E-state index in [1.807, 2.05) is 0 Å². The van der Waals surface area contributed by atoms with Gasteiger partial charge in [-0.3, -0.25) is 14.9 Å². The minimum absolute atomic E-state index is 0.0493. The number of nitro benzene ring substituents is 1. The lowest BCUT2D eigenvalue weighted by Crippen LogP contribution is -2.22. The third-order valence-corrected chi connectivity index (χ3v) is 6.24. The predicted molar refractivity (Wildman–Crippen MR) is 89.6 cm³/mol. The molecule has 0 radical (unpaired) electrons. The summed E-state index contributed by atoms with van der Waals surface area (Å²) in [6.07, 6.45) is 0. The minimum atomic E-state index is -3.49. The number of hydrogen-bond donors (Lipinski definition) is 2. The summed E-state index contributed by atoms with van der Waals surface area (Å²) in [4.78, 5) is 23.0. The van der Waals surface area contributed by atoms with Gasteiger partial charge in [-0.1, -0.05) is 0 Å². The smallest absolute Gasteiger partial charge is 0.272 e. The second-order valence-electron chi connectivity index (χ2n) is 4.87. The number of nitrogens with zero attached hydrogens (tertiary/aromatic N) is 1. The molecule has 8 nitrogen and oxygen atoms in total. The molecule has 10 heteroatoms. The Hall–Kier alpha value is -2.30. The van der Waals surface area contributed by atoms with E-state index in [4.69, 9.17) is 0 Å². The van der Waals surface area contributed by atoms with E-state index in [-0.39, 0.29) is 22.3 Å². The Morgan fingerprint density at radius 2 is 2.00 bits per heavy atom. The molecule has 1 amide bonds. The van der Waals surface area contributed by atoms with Crippen molar-refractivity contribution in [1.82, 2.24) is 10.0 Å². The highest BCUT2D eigenvalue weighted by Gasteiger charge is 2.16. The number of benzene rings is 1. The summed E-state index contributed by atoms with van der Waals surface area (Å²) in [5.74, 6) is -0.389. The van der Waals surface area contributed by atoms with E-state index >= 15 is 0 Å². The van der Waals surface area contributed by atoms with E-state index in [0.29, 0.717) is 16.0 Å². The van der Waals surface area contributed by atoms with Crippen LogP contribution in [-0.2, 0) is 16.6 Å². The SMILES string of the molecule is CNS(=O)(=O)c1ccc(CNC(=O)c2ccc([N+](=O)[O-])c(C)c2)s1. The first-order chi connectivity index (χ1) is 11.2. The second kappa shape index (κ2) is 7.07. The summed E-state index contributed by atoms with van der Waals surface area (Å²) in [5, 5.41) is 13.4. The number of sulfonamides is 1. The molecule has 0 saturated heterocycles. The number of carbonyl (C=O) groups is 1. The Kier molecular flexibility index (Phi) is 5.32. The number of rotatable bonds is 6. The maximum atomic E-state index is 12.1. The van der Waals surface area contributed by atoms with E-state index < -0.39 is 14.9 Å². The van der Waals surface area contributed by atoms with E-state index in [2.05, 4.69) is 10.0 Å². The van der Waals surface area contributed by atoms with Crippen LogP contribution in [0.4, 0.5) is 5.69 Å². The van der Waals surface area contributed by atoms with Crippen molar-refractivity contribution in [2.24, 2.45) is 0 Å². The number of nitro groups is 1. The number of hydrogen-bond acceptors (Lipinski definition) is 6. The molecule has 0 aliphatic carbocycles. The van der Waals surface area contributed by atoms with Crippen molar-refractivity contribution in [2.75, 3.05) is 7.05 Å². The zero-order valence-corrected chi connectivity index (χ0v) is 14.5. The van der Waals surface area contributed by atoms with Gasteiger partial charge in [-0.15, -0.1) is 11.3 Å². The molecule has 0 saturated carbocycles. The fourth-order valence-electron chi connectivity index (χ4n) is 1.97. The molecule has 0 unspecified atom stereocenters. The molecule has 2 aromatic rings. The van der Waals surface area contributed by atoms with E-state index in [9.17, 15) is 23.3 Å². The van der Waals surface area contributed by atoms with Crippen LogP contribution in [0.25, 0.3) is 0 Å². The van der Waals surface area contributed by atoms with E-state index in [1.165, 1.54) is 31.3 Å². The van der Waals surface area contributed by atoms with Crippen molar-refractivity contribution in [3.63, 3.8) is 0 Å². The quantitative estimate of drug-likeness (QED) is 0.594. The molecule has 0 spiro atoms. The molecule has 0 aliphatic rings. The third-order valence-electron chi connectivity index (χ3n) is 3.25. The highest BCUT2D eigenvalue weighted by molar-refractivity contribution is 7.91. The summed E-state index contributed by atoms with van der Waals surface area (Å²) < 4.78 is 25.7. The molecule has 1 heterocycles. The number of nitrogens with one attached hydrogen (secondary N) is 2. The largest absolute Gasteiger partial charge is 0.347 e. The molecule has 24 heavy (non-hydrogen) atoms. The van der Waals surface area contributed by atoms with Gasteiger partial charge in [0.2, 0.25) is 10.0 Å². The van der Waals surface area contributed by atoms with Crippen molar-refractivity contribution in [3.05, 3.63) is 56.5 Å². The average molecular weight is 369 g/mol. The Morgan fingerprint density at radius 3 is 2.58 bits per heavy atom. The molecule has 0 bridgehead atoms. The normalized spacial score (nSPS) is 11.2. The average Bonchev–Trinajstić information content (AvgIpc) is 3.02. The Bertz CT molecular complexity index is 890. The fourth-order valence-corrected chi connectivity index (χ4v) is 4.10. The Balaban J connectivity index is 2.06. The molecule has 1 aromatic carbocycles. The molecule has 0 atom stereocenters. The summed E-state index contributed by atoms with van der Waals surface area (Å²) in [6.45, 7) is 1.72. The maximum absolute atomic E-state index is 12.1. The predicted octanol–water partition coefficient (Wildman–Crippen LogP) is 1.80. The zero-order valence-electron chi connectivity index (χ0n) is 12.9. The third kappa shape index (κ3) is 3.96. The van der Waals surface area contributed by atoms with Gasteiger partial charge in [-0.25, -0.2) is 13.1 Å². The first kappa shape index (κ1) is 18.0. The standard InChI is InChI=1S/C14H15N3O5S2/c1-9-7-10(3-5-12(9)17(19)20)14(18)16-8-11-4-6-13(23-11)24(21,22)15-2/h3-7,15H,8H2,1-2H3,(H,16,18). The molecule has 2 N–H and O–H groups in total. The highest BCUT2D eigenvalue weighted by atomic mass is 32.2. The van der Waals surface area contributed by atoms with Crippen LogP contribution in [-0.4, -0.2) is 26.3 Å². The number of amides is 1. The molecule has 128 valence electrons. The molecule has 0 fully saturated rings. The van der Waals surface area contributed by atoms with Crippen LogP contribution in [0.1, 0.15) is 20.8 Å².